The summed E-state index contributed by atoms with van der Waals surface area (Å²) in [4.78, 5) is 5.44. The molecule has 158 valence electrons. The van der Waals surface area contributed by atoms with Gasteiger partial charge >= 0.3 is 0 Å². The summed E-state index contributed by atoms with van der Waals surface area (Å²) >= 11 is 0. The largest absolute Gasteiger partial charge is 0.348 e. The van der Waals surface area contributed by atoms with E-state index in [1.54, 1.807) is 0 Å². The zero-order valence-corrected chi connectivity index (χ0v) is 19.2. The van der Waals surface area contributed by atoms with Gasteiger partial charge in [-0.2, -0.15) is 0 Å². The Morgan fingerprint density at radius 1 is 0.867 bits per heavy atom. The van der Waals surface area contributed by atoms with E-state index in [0.29, 0.717) is 12.1 Å². The maximum Gasteiger partial charge on any atom is 0.129 e. The van der Waals surface area contributed by atoms with Crippen LogP contribution in [0.15, 0.2) is 54.7 Å². The lowest BCUT2D eigenvalue weighted by atomic mass is 9.70. The molecule has 2 aromatic rings. The SMILES string of the molecule is Cc1ccccc1N1C(c2c(C)cccc2C)N2C=CC(C)(C3CCCC3)C2[C@@H]1C. The van der Waals surface area contributed by atoms with Crippen molar-refractivity contribution >= 4 is 5.69 Å². The minimum atomic E-state index is 0.252. The molecule has 0 N–H and O–H groups in total. The third kappa shape index (κ3) is 2.76. The number of anilines is 1. The van der Waals surface area contributed by atoms with E-state index in [1.165, 1.54) is 53.6 Å². The van der Waals surface area contributed by atoms with Crippen molar-refractivity contribution in [2.24, 2.45) is 11.3 Å². The van der Waals surface area contributed by atoms with Crippen LogP contribution in [0.4, 0.5) is 5.69 Å². The van der Waals surface area contributed by atoms with Crippen molar-refractivity contribution in [3.8, 4) is 0 Å². The first-order chi connectivity index (χ1) is 14.4. The van der Waals surface area contributed by atoms with E-state index < -0.39 is 0 Å². The van der Waals surface area contributed by atoms with E-state index in [2.05, 4.69) is 99.2 Å². The van der Waals surface area contributed by atoms with E-state index in [4.69, 9.17) is 0 Å². The van der Waals surface area contributed by atoms with Gasteiger partial charge in [-0.3, -0.25) is 0 Å². The molecule has 1 saturated carbocycles. The standard InChI is InChI=1S/C28H36N2/c1-19-11-6-9-16-24(19)30-22(4)26-28(5,23-14-7-8-15-23)17-18-29(26)27(30)25-20(2)12-10-13-21(25)3/h6,9-13,16-18,22-23,26-27H,7-8,14-15H2,1-5H3/t22-,26?,27?,28?/m0/s1. The Bertz CT molecular complexity index is 950. The van der Waals surface area contributed by atoms with Crippen LogP contribution in [0.5, 0.6) is 0 Å². The van der Waals surface area contributed by atoms with Crippen LogP contribution < -0.4 is 4.90 Å². The van der Waals surface area contributed by atoms with Crippen molar-refractivity contribution in [1.29, 1.82) is 0 Å². The predicted molar refractivity (Wildman–Crippen MR) is 127 cm³/mol. The first kappa shape index (κ1) is 19.7. The smallest absolute Gasteiger partial charge is 0.129 e. The zero-order chi connectivity index (χ0) is 21.0. The van der Waals surface area contributed by atoms with Gasteiger partial charge in [0, 0.05) is 22.7 Å². The van der Waals surface area contributed by atoms with Gasteiger partial charge in [-0.25, -0.2) is 0 Å². The van der Waals surface area contributed by atoms with Crippen LogP contribution in [-0.2, 0) is 0 Å². The van der Waals surface area contributed by atoms with E-state index in [0.717, 1.165) is 5.92 Å². The molecule has 1 aliphatic carbocycles. The normalized spacial score (nSPS) is 31.0. The predicted octanol–water partition coefficient (Wildman–Crippen LogP) is 6.91. The molecular weight excluding hydrogens is 364 g/mol. The third-order valence-corrected chi connectivity index (χ3v) is 8.43. The lowest BCUT2D eigenvalue weighted by molar-refractivity contribution is 0.133. The number of rotatable bonds is 3. The Hall–Kier alpha value is -2.22. The van der Waals surface area contributed by atoms with Crippen LogP contribution in [0.25, 0.3) is 0 Å². The van der Waals surface area contributed by atoms with Crippen LogP contribution in [-0.4, -0.2) is 17.0 Å². The first-order valence-corrected chi connectivity index (χ1v) is 11.8. The van der Waals surface area contributed by atoms with Gasteiger partial charge in [0.05, 0.1) is 6.04 Å². The highest BCUT2D eigenvalue weighted by atomic mass is 15.5. The van der Waals surface area contributed by atoms with Crippen molar-refractivity contribution in [3.63, 3.8) is 0 Å². The Balaban J connectivity index is 1.67. The molecule has 2 aliphatic heterocycles. The number of fused-ring (bicyclic) bond motifs is 1. The van der Waals surface area contributed by atoms with E-state index >= 15 is 0 Å². The summed E-state index contributed by atoms with van der Waals surface area (Å²) in [6.45, 7) is 11.8. The van der Waals surface area contributed by atoms with Crippen molar-refractivity contribution in [1.82, 2.24) is 4.90 Å². The monoisotopic (exact) mass is 400 g/mol. The van der Waals surface area contributed by atoms with Crippen LogP contribution in [0.1, 0.15) is 68.0 Å². The lowest BCUT2D eigenvalue weighted by Gasteiger charge is -2.39. The highest BCUT2D eigenvalue weighted by Gasteiger charge is 2.57. The number of hydrogen-bond acceptors (Lipinski definition) is 2. The highest BCUT2D eigenvalue weighted by Crippen LogP contribution is 2.56. The molecule has 2 nitrogen and oxygen atoms in total. The molecule has 0 bridgehead atoms. The Kier molecular flexibility index (Phi) is 4.72. The summed E-state index contributed by atoms with van der Waals surface area (Å²) in [5, 5.41) is 0. The minimum absolute atomic E-state index is 0.252. The topological polar surface area (TPSA) is 6.48 Å². The van der Waals surface area contributed by atoms with Gasteiger partial charge in [-0.15, -0.1) is 0 Å². The third-order valence-electron chi connectivity index (χ3n) is 8.43. The molecule has 2 heteroatoms. The minimum Gasteiger partial charge on any atom is -0.348 e. The van der Waals surface area contributed by atoms with Crippen molar-refractivity contribution in [2.75, 3.05) is 4.90 Å². The molecule has 2 aromatic carbocycles. The number of aryl methyl sites for hydroxylation is 3. The average Bonchev–Trinajstić information content (AvgIpc) is 3.42. The van der Waals surface area contributed by atoms with Crippen LogP contribution in [0.2, 0.25) is 0 Å². The number of hydrogen-bond donors (Lipinski definition) is 0. The second kappa shape index (κ2) is 7.18. The molecule has 3 aliphatic rings. The van der Waals surface area contributed by atoms with E-state index in [9.17, 15) is 0 Å². The summed E-state index contributed by atoms with van der Waals surface area (Å²) in [6.07, 6.45) is 10.8. The summed E-state index contributed by atoms with van der Waals surface area (Å²) in [5.41, 5.74) is 7.28. The number of benzene rings is 2. The summed E-state index contributed by atoms with van der Waals surface area (Å²) in [7, 11) is 0. The molecule has 3 unspecified atom stereocenters. The maximum atomic E-state index is 2.73. The van der Waals surface area contributed by atoms with Gasteiger partial charge in [0.2, 0.25) is 0 Å². The van der Waals surface area contributed by atoms with E-state index in [-0.39, 0.29) is 11.6 Å². The van der Waals surface area contributed by atoms with Crippen LogP contribution in [0, 0.1) is 32.1 Å². The lowest BCUT2D eigenvalue weighted by Crippen LogP contribution is -2.45. The fourth-order valence-electron chi connectivity index (χ4n) is 6.93. The molecule has 5 rings (SSSR count). The molecule has 0 amide bonds. The molecule has 0 aromatic heterocycles. The number of nitrogens with zero attached hydrogens (tertiary/aromatic N) is 2. The van der Waals surface area contributed by atoms with Crippen molar-refractivity contribution in [2.45, 2.75) is 78.6 Å². The van der Waals surface area contributed by atoms with Crippen molar-refractivity contribution in [3.05, 3.63) is 77.0 Å². The van der Waals surface area contributed by atoms with Crippen LogP contribution in [0.3, 0.4) is 0 Å². The molecule has 0 radical (unpaired) electrons. The molecule has 2 fully saturated rings. The van der Waals surface area contributed by atoms with Gasteiger partial charge < -0.3 is 9.80 Å². The van der Waals surface area contributed by atoms with E-state index in [1.807, 2.05) is 0 Å². The molecule has 30 heavy (non-hydrogen) atoms. The summed E-state index contributed by atoms with van der Waals surface area (Å²) < 4.78 is 0. The second-order valence-electron chi connectivity index (χ2n) is 10.2. The molecular formula is C28H36N2. The Labute approximate surface area is 182 Å². The molecule has 2 heterocycles. The Morgan fingerprint density at radius 2 is 1.50 bits per heavy atom. The summed E-state index contributed by atoms with van der Waals surface area (Å²) in [5.74, 6) is 0.807. The quantitative estimate of drug-likeness (QED) is 0.552. The van der Waals surface area contributed by atoms with Gasteiger partial charge in [-0.05, 0) is 75.4 Å². The van der Waals surface area contributed by atoms with Gasteiger partial charge in [0.1, 0.15) is 6.17 Å². The van der Waals surface area contributed by atoms with Gasteiger partial charge in [0.15, 0.2) is 0 Å². The zero-order valence-electron chi connectivity index (χ0n) is 19.2. The molecule has 4 atom stereocenters. The molecule has 0 spiro atoms. The fourth-order valence-corrected chi connectivity index (χ4v) is 6.93. The fraction of sp³-hybridized carbons (Fsp3) is 0.500. The van der Waals surface area contributed by atoms with Gasteiger partial charge in [-0.1, -0.05) is 62.2 Å². The second-order valence-corrected chi connectivity index (χ2v) is 10.2. The molecule has 1 saturated heterocycles. The first-order valence-electron chi connectivity index (χ1n) is 11.8. The van der Waals surface area contributed by atoms with Crippen molar-refractivity contribution < 1.29 is 0 Å². The number of para-hydroxylation sites is 1. The highest BCUT2D eigenvalue weighted by molar-refractivity contribution is 5.59. The maximum absolute atomic E-state index is 2.73. The Morgan fingerprint density at radius 3 is 2.17 bits per heavy atom. The van der Waals surface area contributed by atoms with Crippen LogP contribution >= 0.6 is 0 Å². The summed E-state index contributed by atoms with van der Waals surface area (Å²) in [6, 6.07) is 16.7. The van der Waals surface area contributed by atoms with Gasteiger partial charge in [0.25, 0.3) is 0 Å². The average molecular weight is 401 g/mol.